The summed E-state index contributed by atoms with van der Waals surface area (Å²) < 4.78 is 5.12. The van der Waals surface area contributed by atoms with Crippen molar-refractivity contribution >= 4 is 22.6 Å². The summed E-state index contributed by atoms with van der Waals surface area (Å²) >= 11 is 0. The van der Waals surface area contributed by atoms with Crippen LogP contribution in [-0.4, -0.2) is 17.6 Å². The monoisotopic (exact) mass is 351 g/mol. The van der Waals surface area contributed by atoms with Gasteiger partial charge in [0.05, 0.1) is 0 Å². The number of fused-ring (bicyclic) bond motifs is 1. The zero-order valence-electron chi connectivity index (χ0n) is 14.8. The predicted octanol–water partition coefficient (Wildman–Crippen LogP) is 4.27. The fraction of sp³-hybridized carbons (Fsp3) is 0.238. The molecule has 0 saturated carbocycles. The summed E-state index contributed by atoms with van der Waals surface area (Å²) in [7, 11) is 0. The molecular formula is C21H21NO4. The van der Waals surface area contributed by atoms with E-state index >= 15 is 0 Å². The molecule has 2 aromatic carbocycles. The molecule has 0 aliphatic rings. The van der Waals surface area contributed by atoms with E-state index in [1.54, 1.807) is 12.1 Å². The third-order valence-electron chi connectivity index (χ3n) is 4.36. The van der Waals surface area contributed by atoms with Crippen LogP contribution in [0.1, 0.15) is 41.3 Å². The van der Waals surface area contributed by atoms with Crippen molar-refractivity contribution in [3.05, 3.63) is 75.6 Å². The summed E-state index contributed by atoms with van der Waals surface area (Å²) in [5, 5.41) is 12.9. The molecular weight excluding hydrogens is 330 g/mol. The van der Waals surface area contributed by atoms with E-state index in [4.69, 9.17) is 9.52 Å². The molecule has 5 nitrogen and oxygen atoms in total. The normalized spacial score (nSPS) is 11.0. The number of aromatic carboxylic acids is 1. The van der Waals surface area contributed by atoms with E-state index in [1.807, 2.05) is 6.07 Å². The van der Waals surface area contributed by atoms with E-state index in [0.29, 0.717) is 16.9 Å². The Morgan fingerprint density at radius 1 is 1.12 bits per heavy atom. The van der Waals surface area contributed by atoms with Crippen LogP contribution in [0.25, 0.3) is 11.0 Å². The average molecular weight is 351 g/mol. The van der Waals surface area contributed by atoms with Crippen LogP contribution in [0.3, 0.4) is 0 Å². The van der Waals surface area contributed by atoms with Gasteiger partial charge in [0.1, 0.15) is 11.1 Å². The zero-order valence-corrected chi connectivity index (χ0v) is 14.8. The maximum atomic E-state index is 11.7. The summed E-state index contributed by atoms with van der Waals surface area (Å²) in [6, 6.07) is 15.2. The first-order chi connectivity index (χ1) is 12.4. The Hall–Kier alpha value is -3.08. The molecule has 0 bridgehead atoms. The zero-order chi connectivity index (χ0) is 18.7. The molecule has 0 aliphatic carbocycles. The number of carbonyl (C=O) groups is 1. The van der Waals surface area contributed by atoms with Gasteiger partial charge in [-0.1, -0.05) is 38.1 Å². The van der Waals surface area contributed by atoms with Gasteiger partial charge in [-0.2, -0.15) is 0 Å². The number of rotatable bonds is 6. The molecule has 0 amide bonds. The van der Waals surface area contributed by atoms with E-state index in [9.17, 15) is 9.59 Å². The van der Waals surface area contributed by atoms with Crippen LogP contribution in [-0.2, 0) is 6.42 Å². The van der Waals surface area contributed by atoms with Crippen molar-refractivity contribution in [1.82, 2.24) is 0 Å². The quantitative estimate of drug-likeness (QED) is 0.648. The van der Waals surface area contributed by atoms with Crippen LogP contribution in [0.5, 0.6) is 0 Å². The van der Waals surface area contributed by atoms with Crippen LogP contribution < -0.4 is 10.9 Å². The summed E-state index contributed by atoms with van der Waals surface area (Å²) in [6.07, 6.45) is 0.873. The fourth-order valence-corrected chi connectivity index (χ4v) is 2.79. The maximum absolute atomic E-state index is 11.7. The smallest absolute Gasteiger partial charge is 0.351 e. The number of carboxylic acids is 1. The van der Waals surface area contributed by atoms with Crippen molar-refractivity contribution in [2.75, 3.05) is 11.9 Å². The molecule has 3 aromatic rings. The van der Waals surface area contributed by atoms with Gasteiger partial charge in [-0.25, -0.2) is 9.59 Å². The second-order valence-electron chi connectivity index (χ2n) is 6.58. The largest absolute Gasteiger partial charge is 0.477 e. The topological polar surface area (TPSA) is 79.5 Å². The molecule has 26 heavy (non-hydrogen) atoms. The molecule has 3 rings (SSSR count). The van der Waals surface area contributed by atoms with Gasteiger partial charge in [0.15, 0.2) is 0 Å². The molecule has 1 aromatic heterocycles. The van der Waals surface area contributed by atoms with Gasteiger partial charge < -0.3 is 14.8 Å². The molecule has 0 unspecified atom stereocenters. The molecule has 0 fully saturated rings. The van der Waals surface area contributed by atoms with Crippen LogP contribution in [0.15, 0.2) is 57.7 Å². The minimum atomic E-state index is -1.29. The molecule has 0 aliphatic heterocycles. The standard InChI is InChI=1S/C21H21NO4/c1-13(2)15-5-3-14(4-6-15)9-10-22-17-8-7-16-11-18(20(23)24)21(25)26-19(16)12-17/h3-8,11-13,22H,9-10H2,1-2H3,(H,23,24). The highest BCUT2D eigenvalue weighted by Crippen LogP contribution is 2.19. The number of nitrogens with one attached hydrogen (secondary N) is 1. The van der Waals surface area contributed by atoms with Gasteiger partial charge in [-0.05, 0) is 41.7 Å². The molecule has 0 atom stereocenters. The third kappa shape index (κ3) is 3.94. The van der Waals surface area contributed by atoms with Crippen molar-refractivity contribution in [3.63, 3.8) is 0 Å². The first kappa shape index (κ1) is 17.7. The van der Waals surface area contributed by atoms with Crippen molar-refractivity contribution in [2.45, 2.75) is 26.2 Å². The summed E-state index contributed by atoms with van der Waals surface area (Å²) in [5.41, 5.74) is 2.57. The number of hydrogen-bond acceptors (Lipinski definition) is 4. The Kier molecular flexibility index (Phi) is 5.07. The van der Waals surface area contributed by atoms with Gasteiger partial charge in [-0.3, -0.25) is 0 Å². The minimum absolute atomic E-state index is 0.358. The molecule has 5 heteroatoms. The fourth-order valence-electron chi connectivity index (χ4n) is 2.79. The van der Waals surface area contributed by atoms with Crippen LogP contribution in [0.4, 0.5) is 5.69 Å². The van der Waals surface area contributed by atoms with Crippen molar-refractivity contribution in [1.29, 1.82) is 0 Å². The highest BCUT2D eigenvalue weighted by Gasteiger charge is 2.12. The lowest BCUT2D eigenvalue weighted by molar-refractivity contribution is 0.0692. The Balaban J connectivity index is 1.68. The van der Waals surface area contributed by atoms with Gasteiger partial charge in [-0.15, -0.1) is 0 Å². The molecule has 134 valence electrons. The Morgan fingerprint density at radius 2 is 1.85 bits per heavy atom. The van der Waals surface area contributed by atoms with Gasteiger partial charge in [0.2, 0.25) is 0 Å². The van der Waals surface area contributed by atoms with E-state index < -0.39 is 11.6 Å². The second kappa shape index (κ2) is 7.44. The SMILES string of the molecule is CC(C)c1ccc(CCNc2ccc3cc(C(=O)O)c(=O)oc3c2)cc1. The van der Waals surface area contributed by atoms with Crippen molar-refractivity contribution < 1.29 is 14.3 Å². The molecule has 1 heterocycles. The number of benzene rings is 2. The number of hydrogen-bond donors (Lipinski definition) is 2. The van der Waals surface area contributed by atoms with E-state index in [0.717, 1.165) is 18.7 Å². The Labute approximate surface area is 151 Å². The number of anilines is 1. The van der Waals surface area contributed by atoms with Crippen molar-refractivity contribution in [3.8, 4) is 0 Å². The number of carboxylic acid groups (broad SMARTS) is 1. The summed E-state index contributed by atoms with van der Waals surface area (Å²) in [5.74, 6) is -0.762. The lowest BCUT2D eigenvalue weighted by atomic mass is 10.0. The van der Waals surface area contributed by atoms with Crippen LogP contribution in [0, 0.1) is 0 Å². The van der Waals surface area contributed by atoms with E-state index in [1.165, 1.54) is 17.2 Å². The lowest BCUT2D eigenvalue weighted by Gasteiger charge is -2.09. The third-order valence-corrected chi connectivity index (χ3v) is 4.36. The second-order valence-corrected chi connectivity index (χ2v) is 6.58. The summed E-state index contributed by atoms with van der Waals surface area (Å²) in [4.78, 5) is 22.7. The first-order valence-electron chi connectivity index (χ1n) is 8.58. The first-order valence-corrected chi connectivity index (χ1v) is 8.58. The molecule has 0 spiro atoms. The molecule has 0 radical (unpaired) electrons. The maximum Gasteiger partial charge on any atom is 0.351 e. The van der Waals surface area contributed by atoms with Crippen LogP contribution in [0.2, 0.25) is 0 Å². The van der Waals surface area contributed by atoms with Gasteiger partial charge in [0, 0.05) is 23.7 Å². The summed E-state index contributed by atoms with van der Waals surface area (Å²) in [6.45, 7) is 5.09. The van der Waals surface area contributed by atoms with E-state index in [2.05, 4.69) is 43.4 Å². The van der Waals surface area contributed by atoms with E-state index in [-0.39, 0.29) is 5.56 Å². The Morgan fingerprint density at radius 3 is 2.50 bits per heavy atom. The van der Waals surface area contributed by atoms with Gasteiger partial charge in [0.25, 0.3) is 0 Å². The Bertz CT molecular complexity index is 987. The minimum Gasteiger partial charge on any atom is -0.477 e. The predicted molar refractivity (Wildman–Crippen MR) is 102 cm³/mol. The average Bonchev–Trinajstić information content (AvgIpc) is 2.61. The lowest BCUT2D eigenvalue weighted by Crippen LogP contribution is -2.13. The highest BCUT2D eigenvalue weighted by atomic mass is 16.4. The van der Waals surface area contributed by atoms with Crippen LogP contribution >= 0.6 is 0 Å². The molecule has 2 N–H and O–H groups in total. The van der Waals surface area contributed by atoms with Crippen molar-refractivity contribution in [2.24, 2.45) is 0 Å². The van der Waals surface area contributed by atoms with Gasteiger partial charge >= 0.3 is 11.6 Å². The molecule has 0 saturated heterocycles. The highest BCUT2D eigenvalue weighted by molar-refractivity contribution is 5.92.